The highest BCUT2D eigenvalue weighted by atomic mass is 16.7. The van der Waals surface area contributed by atoms with Gasteiger partial charge in [0.05, 0.1) is 34.4 Å². The van der Waals surface area contributed by atoms with E-state index in [1.807, 2.05) is 21.1 Å². The van der Waals surface area contributed by atoms with E-state index in [0.717, 1.165) is 128 Å². The molecule has 77 heavy (non-hydrogen) atoms. The van der Waals surface area contributed by atoms with Crippen molar-refractivity contribution in [3.63, 3.8) is 0 Å². The summed E-state index contributed by atoms with van der Waals surface area (Å²) in [4.78, 5) is 37.3. The molecule has 0 fully saturated rings. The number of esters is 2. The Morgan fingerprint density at radius 2 is 0.740 bits per heavy atom. The lowest BCUT2D eigenvalue weighted by molar-refractivity contribution is -0.870. The molecule has 2 unspecified atom stereocenters. The molecule has 0 saturated heterocycles. The highest BCUT2D eigenvalue weighted by molar-refractivity contribution is 5.71. The molecule has 0 heterocycles. The smallest absolute Gasteiger partial charge is 0.361 e. The predicted octanol–water partition coefficient (Wildman–Crippen LogP) is 17.8. The van der Waals surface area contributed by atoms with E-state index >= 15 is 0 Å². The van der Waals surface area contributed by atoms with Crippen molar-refractivity contribution in [2.75, 3.05) is 47.5 Å². The first-order valence-corrected chi connectivity index (χ1v) is 29.6. The van der Waals surface area contributed by atoms with E-state index in [1.54, 1.807) is 0 Å². The molecule has 2 atom stereocenters. The van der Waals surface area contributed by atoms with Crippen LogP contribution in [0.5, 0.6) is 0 Å². The molecule has 0 amide bonds. The Morgan fingerprint density at radius 1 is 0.403 bits per heavy atom. The first-order chi connectivity index (χ1) is 37.6. The van der Waals surface area contributed by atoms with E-state index in [4.69, 9.17) is 18.9 Å². The minimum atomic E-state index is -1.53. The molecule has 432 valence electrons. The third kappa shape index (κ3) is 58.4. The van der Waals surface area contributed by atoms with Crippen molar-refractivity contribution in [1.29, 1.82) is 0 Å². The summed E-state index contributed by atoms with van der Waals surface area (Å²) < 4.78 is 22.7. The van der Waals surface area contributed by atoms with E-state index in [0.29, 0.717) is 17.4 Å². The van der Waals surface area contributed by atoms with Crippen molar-refractivity contribution in [2.45, 2.75) is 206 Å². The Kier molecular flexibility index (Phi) is 53.3. The standard InChI is InChI=1S/C68H107NO8/c1-6-8-10-12-14-16-18-20-21-22-23-24-25-26-27-28-29-30-31-32-33-34-35-36-37-38-39-40-41-42-43-44-45-47-49-51-53-55-57-59-66(71)77-64(63-76-68(67(72)73)74-61-60-69(3,4)5)62-75-65(70)58-56-54-52-50-48-46-19-17-15-13-11-9-7-2/h8,10,14,16-17,19-21,23-24,26-27,29-30,32-33,35-36,38-39,41-42,44-45,49,51,64,68H,6-7,9,11-13,15,18,22,25,28,31,34,37,40,43,46-48,50,52-63H2,1-5H3/p+1/b10-8-,16-14-,19-17-,21-20-,24-23-,27-26-,30-29-,33-32-,36-35-,39-38-,42-41-,45-44-,51-49-. The fraction of sp³-hybridized carbons (Fsp3) is 0.574. The SMILES string of the molecule is CC/C=C\C/C=C\C/C=C\C/C=C\C/C=C\C/C=C\C/C=C\C/C=C\C/C=C\C/C=C\C/C=C\C/C=C\CCCCC(=O)OC(COC(=O)CCCCCCC/C=C\CCCCCC)COC(OCC[N+](C)(C)C)C(=O)O. The minimum Gasteiger partial charge on any atom is -0.477 e. The van der Waals surface area contributed by atoms with E-state index in [9.17, 15) is 19.5 Å². The Balaban J connectivity index is 4.30. The van der Waals surface area contributed by atoms with Crippen LogP contribution in [0.15, 0.2) is 158 Å². The van der Waals surface area contributed by atoms with Crippen molar-refractivity contribution in [1.82, 2.24) is 0 Å². The zero-order valence-corrected chi connectivity index (χ0v) is 49.0. The maximum atomic E-state index is 12.8. The first kappa shape index (κ1) is 71.9. The predicted molar refractivity (Wildman–Crippen MR) is 327 cm³/mol. The van der Waals surface area contributed by atoms with Crippen LogP contribution in [0.25, 0.3) is 0 Å². The van der Waals surface area contributed by atoms with Gasteiger partial charge in [0.1, 0.15) is 13.2 Å². The summed E-state index contributed by atoms with van der Waals surface area (Å²) in [6, 6.07) is 0. The third-order valence-corrected chi connectivity index (χ3v) is 11.8. The van der Waals surface area contributed by atoms with E-state index < -0.39 is 24.3 Å². The number of unbranched alkanes of at least 4 members (excludes halogenated alkanes) is 11. The maximum absolute atomic E-state index is 12.8. The second-order valence-corrected chi connectivity index (χ2v) is 20.2. The number of hydrogen-bond donors (Lipinski definition) is 1. The van der Waals surface area contributed by atoms with Gasteiger partial charge in [-0.15, -0.1) is 0 Å². The number of carboxylic acid groups (broad SMARTS) is 1. The molecule has 0 rings (SSSR count). The number of carbonyl (C=O) groups is 3. The van der Waals surface area contributed by atoms with Crippen molar-refractivity contribution in [2.24, 2.45) is 0 Å². The molecule has 0 aliphatic carbocycles. The fourth-order valence-electron chi connectivity index (χ4n) is 7.22. The monoisotopic (exact) mass is 1070 g/mol. The lowest BCUT2D eigenvalue weighted by atomic mass is 10.1. The van der Waals surface area contributed by atoms with Gasteiger partial charge in [-0.1, -0.05) is 210 Å². The molecule has 9 nitrogen and oxygen atoms in total. The lowest BCUT2D eigenvalue weighted by Crippen LogP contribution is -2.40. The molecular weight excluding hydrogens is 959 g/mol. The van der Waals surface area contributed by atoms with E-state index in [-0.39, 0.29) is 38.6 Å². The summed E-state index contributed by atoms with van der Waals surface area (Å²) in [6.45, 7) is 4.65. The van der Waals surface area contributed by atoms with Gasteiger partial charge in [-0.05, 0) is 128 Å². The molecule has 0 spiro atoms. The largest absolute Gasteiger partial charge is 0.477 e. The average Bonchev–Trinajstić information content (AvgIpc) is 3.40. The number of rotatable bonds is 52. The van der Waals surface area contributed by atoms with Crippen molar-refractivity contribution >= 4 is 17.9 Å². The number of aliphatic carboxylic acids is 1. The number of likely N-dealkylation sites (N-methyl/N-ethyl adjacent to an activating group) is 1. The van der Waals surface area contributed by atoms with Gasteiger partial charge in [0.2, 0.25) is 0 Å². The Hall–Kier alpha value is -5.09. The van der Waals surface area contributed by atoms with Crippen LogP contribution in [-0.2, 0) is 33.3 Å². The van der Waals surface area contributed by atoms with Gasteiger partial charge in [-0.2, -0.15) is 0 Å². The number of carboxylic acids is 1. The van der Waals surface area contributed by atoms with E-state index in [1.165, 1.54) is 32.1 Å². The van der Waals surface area contributed by atoms with Gasteiger partial charge in [-0.25, -0.2) is 4.79 Å². The normalized spacial score (nSPS) is 13.9. The van der Waals surface area contributed by atoms with Crippen LogP contribution in [0.3, 0.4) is 0 Å². The number of nitrogens with zero attached hydrogens (tertiary/aromatic N) is 1. The summed E-state index contributed by atoms with van der Waals surface area (Å²) in [7, 11) is 5.93. The van der Waals surface area contributed by atoms with Crippen LogP contribution in [0.2, 0.25) is 0 Å². The molecule has 0 aromatic carbocycles. The molecular formula is C68H108NO8+. The Labute approximate surface area is 470 Å². The molecule has 0 aromatic heterocycles. The second-order valence-electron chi connectivity index (χ2n) is 20.2. The highest BCUT2D eigenvalue weighted by Gasteiger charge is 2.25. The molecule has 0 saturated carbocycles. The van der Waals surface area contributed by atoms with Crippen molar-refractivity contribution < 1.29 is 42.9 Å². The van der Waals surface area contributed by atoms with Crippen LogP contribution >= 0.6 is 0 Å². The van der Waals surface area contributed by atoms with Crippen LogP contribution in [0, 0.1) is 0 Å². The summed E-state index contributed by atoms with van der Waals surface area (Å²) in [5.74, 6) is -2.10. The van der Waals surface area contributed by atoms with Gasteiger partial charge in [0, 0.05) is 12.8 Å². The van der Waals surface area contributed by atoms with Crippen LogP contribution in [0.4, 0.5) is 0 Å². The zero-order valence-electron chi connectivity index (χ0n) is 49.0. The van der Waals surface area contributed by atoms with Gasteiger partial charge >= 0.3 is 17.9 Å². The van der Waals surface area contributed by atoms with Crippen molar-refractivity contribution in [3.05, 3.63) is 158 Å². The molecule has 1 N–H and O–H groups in total. The maximum Gasteiger partial charge on any atom is 0.361 e. The van der Waals surface area contributed by atoms with Crippen molar-refractivity contribution in [3.8, 4) is 0 Å². The Morgan fingerprint density at radius 3 is 1.14 bits per heavy atom. The fourth-order valence-corrected chi connectivity index (χ4v) is 7.22. The quantitative estimate of drug-likeness (QED) is 0.0211. The number of carbonyl (C=O) groups excluding carboxylic acids is 2. The molecule has 0 radical (unpaired) electrons. The molecule has 9 heteroatoms. The number of allylic oxidation sites excluding steroid dienone is 26. The minimum absolute atomic E-state index is 0.169. The molecule has 0 aliphatic rings. The number of ether oxygens (including phenoxy) is 4. The Bertz CT molecular complexity index is 1810. The highest BCUT2D eigenvalue weighted by Crippen LogP contribution is 2.12. The first-order valence-electron chi connectivity index (χ1n) is 29.6. The lowest BCUT2D eigenvalue weighted by Gasteiger charge is -2.25. The van der Waals surface area contributed by atoms with Crippen LogP contribution in [0.1, 0.15) is 194 Å². The topological polar surface area (TPSA) is 108 Å². The zero-order chi connectivity index (χ0) is 56.2. The van der Waals surface area contributed by atoms with Gasteiger partial charge in [0.15, 0.2) is 6.10 Å². The van der Waals surface area contributed by atoms with Crippen LogP contribution in [-0.4, -0.2) is 87.4 Å². The summed E-state index contributed by atoms with van der Waals surface area (Å²) in [5, 5.41) is 9.68. The molecule has 0 aromatic rings. The number of quaternary nitrogens is 1. The summed E-state index contributed by atoms with van der Waals surface area (Å²) in [6.07, 6.45) is 82.0. The van der Waals surface area contributed by atoms with Crippen LogP contribution < -0.4 is 0 Å². The molecule has 0 aliphatic heterocycles. The molecule has 0 bridgehead atoms. The summed E-state index contributed by atoms with van der Waals surface area (Å²) in [5.41, 5.74) is 0. The van der Waals surface area contributed by atoms with Gasteiger partial charge in [-0.3, -0.25) is 9.59 Å². The van der Waals surface area contributed by atoms with Gasteiger partial charge in [0.25, 0.3) is 6.29 Å². The third-order valence-electron chi connectivity index (χ3n) is 11.8. The second kappa shape index (κ2) is 57.1. The number of hydrogen-bond acceptors (Lipinski definition) is 7. The average molecular weight is 1070 g/mol. The van der Waals surface area contributed by atoms with E-state index in [2.05, 4.69) is 172 Å². The van der Waals surface area contributed by atoms with Gasteiger partial charge < -0.3 is 28.5 Å². The summed E-state index contributed by atoms with van der Waals surface area (Å²) >= 11 is 0.